The number of aromatic carboxylic acids is 1. The topological polar surface area (TPSA) is 62.2 Å². The van der Waals surface area contributed by atoms with E-state index >= 15 is 0 Å². The lowest BCUT2D eigenvalue weighted by Gasteiger charge is -2.15. The molecule has 0 aromatic carbocycles. The van der Waals surface area contributed by atoms with Crippen LogP contribution in [0.15, 0.2) is 12.1 Å². The maximum absolute atomic E-state index is 10.8. The number of nitrogens with zero attached hydrogens (tertiary/aromatic N) is 1. The van der Waals surface area contributed by atoms with Crippen LogP contribution in [-0.4, -0.2) is 22.1 Å². The zero-order valence-electron chi connectivity index (χ0n) is 9.33. The van der Waals surface area contributed by atoms with Crippen LogP contribution in [0.25, 0.3) is 0 Å². The lowest BCUT2D eigenvalue weighted by molar-refractivity contribution is 0.0691. The van der Waals surface area contributed by atoms with Crippen LogP contribution in [0.2, 0.25) is 5.02 Å². The average molecular weight is 243 g/mol. The molecule has 0 aliphatic carbocycles. The van der Waals surface area contributed by atoms with Gasteiger partial charge in [0.2, 0.25) is 0 Å². The Morgan fingerprint density at radius 1 is 1.50 bits per heavy atom. The molecule has 0 atom stereocenters. The Kier molecular flexibility index (Phi) is 4.55. The smallest absolute Gasteiger partial charge is 0.356 e. The van der Waals surface area contributed by atoms with E-state index in [1.54, 1.807) is 12.1 Å². The first-order chi connectivity index (χ1) is 7.58. The summed E-state index contributed by atoms with van der Waals surface area (Å²) in [6.45, 7) is 4.13. The van der Waals surface area contributed by atoms with Gasteiger partial charge in [-0.15, -0.1) is 0 Å². The van der Waals surface area contributed by atoms with Gasteiger partial charge in [-0.1, -0.05) is 25.4 Å². The van der Waals surface area contributed by atoms with Crippen molar-refractivity contribution < 1.29 is 9.90 Å². The second-order valence-electron chi connectivity index (χ2n) is 3.49. The third kappa shape index (κ3) is 3.10. The molecule has 0 radical (unpaired) electrons. The summed E-state index contributed by atoms with van der Waals surface area (Å²) in [5, 5.41) is 12.2. The molecule has 0 aliphatic heterocycles. The maximum Gasteiger partial charge on any atom is 0.356 e. The van der Waals surface area contributed by atoms with Crippen LogP contribution >= 0.6 is 11.6 Å². The van der Waals surface area contributed by atoms with Crippen molar-refractivity contribution in [2.45, 2.75) is 32.7 Å². The number of pyridine rings is 1. The zero-order chi connectivity index (χ0) is 12.1. The van der Waals surface area contributed by atoms with E-state index < -0.39 is 5.97 Å². The molecule has 0 saturated carbocycles. The molecular weight excluding hydrogens is 228 g/mol. The molecule has 0 fully saturated rings. The first-order valence-electron chi connectivity index (χ1n) is 5.24. The van der Waals surface area contributed by atoms with Crippen LogP contribution in [0.1, 0.15) is 37.2 Å². The van der Waals surface area contributed by atoms with Crippen molar-refractivity contribution in [3.8, 4) is 0 Å². The molecule has 4 nitrogen and oxygen atoms in total. The standard InChI is InChI=1S/C11H15ClN2O2/c1-3-7(4-2)13-9-6-5-8(12)10(14-9)11(15)16/h5-7H,3-4H2,1-2H3,(H,13,14)(H,15,16). The van der Waals surface area contributed by atoms with E-state index in [2.05, 4.69) is 24.1 Å². The van der Waals surface area contributed by atoms with Crippen molar-refractivity contribution in [1.29, 1.82) is 0 Å². The predicted octanol–water partition coefficient (Wildman–Crippen LogP) is 3.03. The number of carbonyl (C=O) groups is 1. The van der Waals surface area contributed by atoms with Gasteiger partial charge in [0.1, 0.15) is 5.82 Å². The average Bonchev–Trinajstić information content (AvgIpc) is 2.27. The Morgan fingerprint density at radius 2 is 2.12 bits per heavy atom. The molecule has 0 spiro atoms. The van der Waals surface area contributed by atoms with Gasteiger partial charge < -0.3 is 10.4 Å². The van der Waals surface area contributed by atoms with E-state index in [9.17, 15) is 4.79 Å². The summed E-state index contributed by atoms with van der Waals surface area (Å²) in [4.78, 5) is 14.8. The van der Waals surface area contributed by atoms with Gasteiger partial charge in [-0.2, -0.15) is 0 Å². The molecular formula is C11H15ClN2O2. The van der Waals surface area contributed by atoms with Crippen LogP contribution in [0.3, 0.4) is 0 Å². The molecule has 16 heavy (non-hydrogen) atoms. The molecule has 0 saturated heterocycles. The van der Waals surface area contributed by atoms with E-state index in [-0.39, 0.29) is 10.7 Å². The number of aromatic nitrogens is 1. The molecule has 0 aliphatic rings. The number of rotatable bonds is 5. The summed E-state index contributed by atoms with van der Waals surface area (Å²) >= 11 is 5.72. The van der Waals surface area contributed by atoms with Crippen LogP contribution in [0.4, 0.5) is 5.82 Å². The van der Waals surface area contributed by atoms with Gasteiger partial charge in [0, 0.05) is 6.04 Å². The minimum atomic E-state index is -1.11. The highest BCUT2D eigenvalue weighted by Gasteiger charge is 2.12. The highest BCUT2D eigenvalue weighted by molar-refractivity contribution is 6.33. The van der Waals surface area contributed by atoms with Crippen molar-refractivity contribution in [2.75, 3.05) is 5.32 Å². The van der Waals surface area contributed by atoms with E-state index in [0.717, 1.165) is 12.8 Å². The van der Waals surface area contributed by atoms with Gasteiger partial charge in [-0.3, -0.25) is 0 Å². The van der Waals surface area contributed by atoms with Gasteiger partial charge in [0.25, 0.3) is 0 Å². The second-order valence-corrected chi connectivity index (χ2v) is 3.90. The van der Waals surface area contributed by atoms with Crippen molar-refractivity contribution >= 4 is 23.4 Å². The SMILES string of the molecule is CCC(CC)Nc1ccc(Cl)c(C(=O)O)n1. The molecule has 0 bridgehead atoms. The summed E-state index contributed by atoms with van der Waals surface area (Å²) in [5.41, 5.74) is -0.113. The summed E-state index contributed by atoms with van der Waals surface area (Å²) in [7, 11) is 0. The molecule has 1 aromatic rings. The number of hydrogen-bond acceptors (Lipinski definition) is 3. The molecule has 2 N–H and O–H groups in total. The van der Waals surface area contributed by atoms with E-state index in [1.165, 1.54) is 0 Å². The predicted molar refractivity (Wildman–Crippen MR) is 64.2 cm³/mol. The fourth-order valence-corrected chi connectivity index (χ4v) is 1.56. The maximum atomic E-state index is 10.8. The van der Waals surface area contributed by atoms with Crippen molar-refractivity contribution in [3.05, 3.63) is 22.8 Å². The van der Waals surface area contributed by atoms with Crippen LogP contribution in [-0.2, 0) is 0 Å². The summed E-state index contributed by atoms with van der Waals surface area (Å²) in [6, 6.07) is 3.53. The Morgan fingerprint density at radius 3 is 2.62 bits per heavy atom. The highest BCUT2D eigenvalue weighted by atomic mass is 35.5. The lowest BCUT2D eigenvalue weighted by Crippen LogP contribution is -2.18. The molecule has 5 heteroatoms. The van der Waals surface area contributed by atoms with Crippen LogP contribution < -0.4 is 5.32 Å². The third-order valence-corrected chi connectivity index (χ3v) is 2.69. The van der Waals surface area contributed by atoms with Crippen molar-refractivity contribution in [2.24, 2.45) is 0 Å². The van der Waals surface area contributed by atoms with E-state index in [0.29, 0.717) is 11.9 Å². The van der Waals surface area contributed by atoms with E-state index in [1.807, 2.05) is 0 Å². The summed E-state index contributed by atoms with van der Waals surface area (Å²) in [5.74, 6) is -0.561. The lowest BCUT2D eigenvalue weighted by atomic mass is 10.2. The number of nitrogens with one attached hydrogen (secondary N) is 1. The van der Waals surface area contributed by atoms with Crippen molar-refractivity contribution in [1.82, 2.24) is 4.98 Å². The van der Waals surface area contributed by atoms with Gasteiger partial charge in [-0.25, -0.2) is 9.78 Å². The summed E-state index contributed by atoms with van der Waals surface area (Å²) in [6.07, 6.45) is 1.92. The molecule has 88 valence electrons. The minimum absolute atomic E-state index is 0.113. The summed E-state index contributed by atoms with van der Waals surface area (Å²) < 4.78 is 0. The van der Waals surface area contributed by atoms with E-state index in [4.69, 9.17) is 16.7 Å². The quantitative estimate of drug-likeness (QED) is 0.833. The fourth-order valence-electron chi connectivity index (χ4n) is 1.37. The van der Waals surface area contributed by atoms with Gasteiger partial charge in [0.15, 0.2) is 5.69 Å². The number of hydrogen-bond donors (Lipinski definition) is 2. The van der Waals surface area contributed by atoms with Gasteiger partial charge in [-0.05, 0) is 25.0 Å². The number of carboxylic acids is 1. The van der Waals surface area contributed by atoms with Gasteiger partial charge >= 0.3 is 5.97 Å². The molecule has 1 heterocycles. The Bertz CT molecular complexity index is 378. The Hall–Kier alpha value is -1.29. The Balaban J connectivity index is 2.90. The third-order valence-electron chi connectivity index (χ3n) is 2.39. The fraction of sp³-hybridized carbons (Fsp3) is 0.455. The molecule has 1 aromatic heterocycles. The monoisotopic (exact) mass is 242 g/mol. The molecule has 0 amide bonds. The largest absolute Gasteiger partial charge is 0.476 e. The Labute approximate surface area is 99.6 Å². The van der Waals surface area contributed by atoms with Crippen LogP contribution in [0.5, 0.6) is 0 Å². The minimum Gasteiger partial charge on any atom is -0.476 e. The molecule has 1 rings (SSSR count). The number of carboxylic acid groups (broad SMARTS) is 1. The second kappa shape index (κ2) is 5.70. The highest BCUT2D eigenvalue weighted by Crippen LogP contribution is 2.17. The first-order valence-corrected chi connectivity index (χ1v) is 5.62. The first kappa shape index (κ1) is 12.8. The number of anilines is 1. The van der Waals surface area contributed by atoms with Crippen LogP contribution in [0, 0.1) is 0 Å². The zero-order valence-corrected chi connectivity index (χ0v) is 10.1. The van der Waals surface area contributed by atoms with Crippen molar-refractivity contribution in [3.63, 3.8) is 0 Å². The molecule has 0 unspecified atom stereocenters. The van der Waals surface area contributed by atoms with Gasteiger partial charge in [0.05, 0.1) is 5.02 Å². The normalized spacial score (nSPS) is 10.5. The number of halogens is 1.